The summed E-state index contributed by atoms with van der Waals surface area (Å²) < 4.78 is 22.5. The molecule has 0 fully saturated rings. The Bertz CT molecular complexity index is 486. The first-order valence-electron chi connectivity index (χ1n) is 7.36. The average Bonchev–Trinajstić information content (AvgIpc) is 2.58. The molecule has 0 aromatic heterocycles. The third-order valence-electron chi connectivity index (χ3n) is 2.78. The van der Waals surface area contributed by atoms with Crippen LogP contribution >= 0.6 is 21.6 Å². The number of hydrogen-bond donors (Lipinski definition) is 0. The Labute approximate surface area is 149 Å². The predicted molar refractivity (Wildman–Crippen MR) is 105 cm³/mol. The highest BCUT2D eigenvalue weighted by Gasteiger charge is 1.99. The molecule has 0 aliphatic carbocycles. The van der Waals surface area contributed by atoms with Gasteiger partial charge >= 0.3 is 0 Å². The highest BCUT2D eigenvalue weighted by molar-refractivity contribution is 8.77. The second-order valence-corrected chi connectivity index (χ2v) is 8.55. The molecule has 6 heteroatoms. The van der Waals surface area contributed by atoms with Crippen LogP contribution in [0.15, 0.2) is 48.4 Å². The highest BCUT2D eigenvalue weighted by atomic mass is 33.1. The van der Waals surface area contributed by atoms with E-state index in [-0.39, 0.29) is 0 Å². The summed E-state index contributed by atoms with van der Waals surface area (Å²) in [5, 5.41) is 1.99. The van der Waals surface area contributed by atoms with Crippen LogP contribution in [0.25, 0.3) is 0 Å². The molecular weight excluding hydrogens is 348 g/mol. The summed E-state index contributed by atoms with van der Waals surface area (Å²) in [5.74, 6) is 3.06. The lowest BCUT2D eigenvalue weighted by atomic mass is 10.2. The fourth-order valence-corrected chi connectivity index (χ4v) is 4.09. The minimum atomic E-state index is -0.806. The van der Waals surface area contributed by atoms with Crippen LogP contribution in [-0.2, 0) is 22.1 Å². The maximum atomic E-state index is 11.8. The van der Waals surface area contributed by atoms with Crippen LogP contribution in [-0.4, -0.2) is 35.2 Å². The molecule has 128 valence electrons. The predicted octanol–water partition coefficient (Wildman–Crippen LogP) is 4.43. The molecule has 23 heavy (non-hydrogen) atoms. The van der Waals surface area contributed by atoms with Crippen molar-refractivity contribution in [3.8, 4) is 5.75 Å². The Kier molecular flexibility index (Phi) is 12.1. The van der Waals surface area contributed by atoms with Gasteiger partial charge in [-0.3, -0.25) is 4.21 Å². The standard InChI is InChI=1S/C17H24O3S3/c1-3-11-21-22-12-5-14-23(18)13-4-10-20-15-16-6-8-17(19-2)9-7-16/h3,5-9,12H,1,4,10-11,13-15H2,2H3/b12-5-. The summed E-state index contributed by atoms with van der Waals surface area (Å²) in [7, 11) is 4.21. The molecule has 0 aliphatic heterocycles. The van der Waals surface area contributed by atoms with Gasteiger partial charge < -0.3 is 9.47 Å². The van der Waals surface area contributed by atoms with Crippen molar-refractivity contribution < 1.29 is 13.7 Å². The van der Waals surface area contributed by atoms with Gasteiger partial charge in [0.15, 0.2) is 0 Å². The van der Waals surface area contributed by atoms with Gasteiger partial charge in [0, 0.05) is 34.7 Å². The molecule has 0 spiro atoms. The Balaban J connectivity index is 2.03. The molecule has 1 aromatic rings. The summed E-state index contributed by atoms with van der Waals surface area (Å²) in [4.78, 5) is 0. The summed E-state index contributed by atoms with van der Waals surface area (Å²) in [6.45, 7) is 4.87. The Morgan fingerprint density at radius 3 is 2.78 bits per heavy atom. The molecule has 0 amide bonds. The van der Waals surface area contributed by atoms with Crippen molar-refractivity contribution in [2.24, 2.45) is 0 Å². The lowest BCUT2D eigenvalue weighted by Crippen LogP contribution is -2.04. The minimum Gasteiger partial charge on any atom is -0.497 e. The smallest absolute Gasteiger partial charge is 0.118 e. The molecule has 0 saturated heterocycles. The van der Waals surface area contributed by atoms with Gasteiger partial charge in [0.1, 0.15) is 5.75 Å². The molecule has 0 saturated carbocycles. The SMILES string of the molecule is C=CCSS/C=C\CS(=O)CCCOCc1ccc(OC)cc1. The molecule has 1 aromatic carbocycles. The Morgan fingerprint density at radius 2 is 2.09 bits per heavy atom. The zero-order valence-corrected chi connectivity index (χ0v) is 15.9. The summed E-state index contributed by atoms with van der Waals surface area (Å²) in [6, 6.07) is 7.82. The van der Waals surface area contributed by atoms with E-state index in [2.05, 4.69) is 6.58 Å². The van der Waals surface area contributed by atoms with Crippen LogP contribution in [0, 0.1) is 0 Å². The second kappa shape index (κ2) is 13.7. The van der Waals surface area contributed by atoms with Crippen molar-refractivity contribution >= 4 is 32.4 Å². The van der Waals surface area contributed by atoms with E-state index in [0.29, 0.717) is 24.7 Å². The summed E-state index contributed by atoms with van der Waals surface area (Å²) in [5.41, 5.74) is 1.11. The lowest BCUT2D eigenvalue weighted by Gasteiger charge is -2.05. The van der Waals surface area contributed by atoms with Gasteiger partial charge in [-0.25, -0.2) is 0 Å². The number of ether oxygens (including phenoxy) is 2. The molecule has 0 aliphatic rings. The molecule has 1 rings (SSSR count). The van der Waals surface area contributed by atoms with Gasteiger partial charge in [-0.1, -0.05) is 45.9 Å². The molecule has 0 radical (unpaired) electrons. The van der Waals surface area contributed by atoms with Crippen LogP contribution in [0.1, 0.15) is 12.0 Å². The second-order valence-electron chi connectivity index (χ2n) is 4.61. The zero-order chi connectivity index (χ0) is 16.8. The molecular formula is C17H24O3S3. The molecule has 1 atom stereocenters. The van der Waals surface area contributed by atoms with Gasteiger partial charge in [0.05, 0.1) is 13.7 Å². The third-order valence-corrected chi connectivity index (χ3v) is 6.05. The topological polar surface area (TPSA) is 35.5 Å². The molecule has 0 bridgehead atoms. The average molecular weight is 373 g/mol. The van der Waals surface area contributed by atoms with Gasteiger partial charge in [0.25, 0.3) is 0 Å². The number of methoxy groups -OCH3 is 1. The molecule has 3 nitrogen and oxygen atoms in total. The number of hydrogen-bond acceptors (Lipinski definition) is 5. The van der Waals surface area contributed by atoms with E-state index < -0.39 is 10.8 Å². The molecule has 0 N–H and O–H groups in total. The van der Waals surface area contributed by atoms with Gasteiger partial charge in [-0.2, -0.15) is 0 Å². The van der Waals surface area contributed by atoms with Crippen LogP contribution < -0.4 is 4.74 Å². The van der Waals surface area contributed by atoms with Crippen LogP contribution in [0.4, 0.5) is 0 Å². The van der Waals surface area contributed by atoms with Gasteiger partial charge in [0.2, 0.25) is 0 Å². The third kappa shape index (κ3) is 10.7. The zero-order valence-electron chi connectivity index (χ0n) is 13.4. The first kappa shape index (κ1) is 20.4. The number of rotatable bonds is 13. The lowest BCUT2D eigenvalue weighted by molar-refractivity contribution is 0.122. The number of benzene rings is 1. The van der Waals surface area contributed by atoms with Crippen molar-refractivity contribution in [1.82, 2.24) is 0 Å². The van der Waals surface area contributed by atoms with E-state index in [1.54, 1.807) is 28.7 Å². The fraction of sp³-hybridized carbons (Fsp3) is 0.412. The maximum Gasteiger partial charge on any atom is 0.118 e. The van der Waals surface area contributed by atoms with E-state index in [1.165, 1.54) is 0 Å². The van der Waals surface area contributed by atoms with Crippen LogP contribution in [0.3, 0.4) is 0 Å². The normalized spacial score (nSPS) is 12.4. The van der Waals surface area contributed by atoms with Gasteiger partial charge in [-0.05, 0) is 29.5 Å². The van der Waals surface area contributed by atoms with Crippen molar-refractivity contribution in [2.45, 2.75) is 13.0 Å². The van der Waals surface area contributed by atoms with E-state index in [4.69, 9.17) is 9.47 Å². The van der Waals surface area contributed by atoms with E-state index in [0.717, 1.165) is 23.5 Å². The molecule has 0 heterocycles. The van der Waals surface area contributed by atoms with Crippen molar-refractivity contribution in [3.05, 3.63) is 54.0 Å². The quantitative estimate of drug-likeness (QED) is 0.291. The fourth-order valence-electron chi connectivity index (χ4n) is 1.63. The van der Waals surface area contributed by atoms with Crippen LogP contribution in [0.5, 0.6) is 5.75 Å². The van der Waals surface area contributed by atoms with Crippen LogP contribution in [0.2, 0.25) is 0 Å². The van der Waals surface area contributed by atoms with E-state index in [9.17, 15) is 4.21 Å². The maximum absolute atomic E-state index is 11.8. The monoisotopic (exact) mass is 372 g/mol. The first-order valence-corrected chi connectivity index (χ1v) is 11.2. The van der Waals surface area contributed by atoms with E-state index >= 15 is 0 Å². The van der Waals surface area contributed by atoms with Crippen molar-refractivity contribution in [1.29, 1.82) is 0 Å². The first-order chi connectivity index (χ1) is 11.3. The summed E-state index contributed by atoms with van der Waals surface area (Å²) in [6.07, 6.45) is 4.65. The highest BCUT2D eigenvalue weighted by Crippen LogP contribution is 2.21. The van der Waals surface area contributed by atoms with Crippen molar-refractivity contribution in [3.63, 3.8) is 0 Å². The summed E-state index contributed by atoms with van der Waals surface area (Å²) >= 11 is 0. The largest absolute Gasteiger partial charge is 0.497 e. The Morgan fingerprint density at radius 1 is 1.30 bits per heavy atom. The minimum absolute atomic E-state index is 0.577. The molecule has 1 unspecified atom stereocenters. The Hall–Kier alpha value is -0.690. The van der Waals surface area contributed by atoms with E-state index in [1.807, 2.05) is 41.8 Å². The van der Waals surface area contributed by atoms with Gasteiger partial charge in [-0.15, -0.1) is 6.58 Å². The van der Waals surface area contributed by atoms with Crippen molar-refractivity contribution in [2.75, 3.05) is 31.0 Å².